The van der Waals surface area contributed by atoms with Gasteiger partial charge < -0.3 is 14.6 Å². The van der Waals surface area contributed by atoms with Crippen molar-refractivity contribution in [1.82, 2.24) is 9.97 Å². The van der Waals surface area contributed by atoms with Gasteiger partial charge in [0.2, 0.25) is 12.0 Å². The molecule has 0 bridgehead atoms. The number of hydrogen-bond acceptors (Lipinski definition) is 6. The van der Waals surface area contributed by atoms with Crippen LogP contribution in [0.15, 0.2) is 65.8 Å². The second-order valence-electron chi connectivity index (χ2n) is 7.32. The van der Waals surface area contributed by atoms with Crippen LogP contribution in [-0.2, 0) is 23.2 Å². The molecule has 0 aliphatic heterocycles. The molecular weight excluding hydrogens is 410 g/mol. The van der Waals surface area contributed by atoms with Gasteiger partial charge >= 0.3 is 12.0 Å². The third kappa shape index (κ3) is 3.70. The van der Waals surface area contributed by atoms with Gasteiger partial charge in [0, 0.05) is 10.5 Å². The van der Waals surface area contributed by atoms with Crippen molar-refractivity contribution >= 4 is 5.97 Å². The van der Waals surface area contributed by atoms with Gasteiger partial charge in [-0.1, -0.05) is 65.8 Å². The number of ether oxygens (including phenoxy) is 2. The maximum atomic E-state index is 12.6. The van der Waals surface area contributed by atoms with E-state index in [4.69, 9.17) is 9.47 Å². The lowest BCUT2D eigenvalue weighted by Gasteiger charge is -2.34. The molecule has 4 rings (SSSR count). The highest BCUT2D eigenvalue weighted by atomic mass is 16.5. The molecule has 1 atom stereocenters. The van der Waals surface area contributed by atoms with Crippen LogP contribution in [0.4, 0.5) is 0 Å². The lowest BCUT2D eigenvalue weighted by Crippen LogP contribution is -2.48. The molecule has 0 unspecified atom stereocenters. The second-order valence-corrected chi connectivity index (χ2v) is 7.32. The van der Waals surface area contributed by atoms with E-state index in [0.717, 1.165) is 30.5 Å². The molecule has 0 amide bonds. The number of carboxylic acid groups (broad SMARTS) is 1. The van der Waals surface area contributed by atoms with Crippen molar-refractivity contribution in [2.75, 3.05) is 7.11 Å². The molecule has 1 heterocycles. The van der Waals surface area contributed by atoms with Crippen LogP contribution < -0.4 is 9.47 Å². The average molecular weight is 431 g/mol. The summed E-state index contributed by atoms with van der Waals surface area (Å²) in [7, 11) is 1.50. The van der Waals surface area contributed by atoms with Crippen molar-refractivity contribution in [2.45, 2.75) is 30.9 Å². The topological polar surface area (TPSA) is 130 Å². The quantitative estimate of drug-likeness (QED) is 0.325. The fraction of sp³-hybridized carbons (Fsp3) is 0.261. The first-order valence-corrected chi connectivity index (χ1v) is 10.1. The van der Waals surface area contributed by atoms with E-state index in [1.807, 2.05) is 0 Å². The Morgan fingerprint density at radius 2 is 1.72 bits per heavy atom. The Morgan fingerprint density at radius 1 is 1.09 bits per heavy atom. The monoisotopic (exact) mass is 431 g/mol. The molecule has 0 saturated carbocycles. The SMILES string of the molecule is COc1nc(O[C@H](C(=O)O)C(N=[N+]=[N-])(c2ccccc2)c2ccccc2)nc2c1CCC2. The number of azide groups is 1. The normalized spacial score (nSPS) is 13.5. The van der Waals surface area contributed by atoms with Crippen molar-refractivity contribution in [1.29, 1.82) is 0 Å². The molecule has 3 aromatic rings. The number of carboxylic acids is 1. The lowest BCUT2D eigenvalue weighted by molar-refractivity contribution is -0.148. The van der Waals surface area contributed by atoms with Gasteiger partial charge in [-0.2, -0.15) is 9.97 Å². The van der Waals surface area contributed by atoms with E-state index in [1.165, 1.54) is 7.11 Å². The van der Waals surface area contributed by atoms with Crippen molar-refractivity contribution in [3.63, 3.8) is 0 Å². The molecule has 1 aliphatic rings. The fourth-order valence-corrected chi connectivity index (χ4v) is 4.11. The maximum absolute atomic E-state index is 12.6. The summed E-state index contributed by atoms with van der Waals surface area (Å²) in [5, 5.41) is 14.3. The van der Waals surface area contributed by atoms with E-state index >= 15 is 0 Å². The molecule has 32 heavy (non-hydrogen) atoms. The summed E-state index contributed by atoms with van der Waals surface area (Å²) in [4.78, 5) is 24.3. The van der Waals surface area contributed by atoms with Crippen molar-refractivity contribution in [3.8, 4) is 11.9 Å². The third-order valence-electron chi connectivity index (χ3n) is 5.53. The predicted octanol–water partition coefficient (Wildman–Crippen LogP) is 4.06. The number of aliphatic carboxylic acids is 1. The van der Waals surface area contributed by atoms with E-state index in [1.54, 1.807) is 60.7 Å². The highest BCUT2D eigenvalue weighted by Gasteiger charge is 2.48. The molecule has 0 spiro atoms. The highest BCUT2D eigenvalue weighted by molar-refractivity contribution is 5.77. The summed E-state index contributed by atoms with van der Waals surface area (Å²) < 4.78 is 11.3. The van der Waals surface area contributed by atoms with Gasteiger partial charge in [0.25, 0.3) is 0 Å². The molecule has 9 heteroatoms. The van der Waals surface area contributed by atoms with E-state index in [9.17, 15) is 15.4 Å². The Bertz CT molecular complexity index is 1120. The molecule has 2 aromatic carbocycles. The molecule has 1 aliphatic carbocycles. The van der Waals surface area contributed by atoms with Gasteiger partial charge in [-0.3, -0.25) is 0 Å². The summed E-state index contributed by atoms with van der Waals surface area (Å²) in [6.07, 6.45) is 0.773. The number of benzene rings is 2. The minimum Gasteiger partial charge on any atom is -0.481 e. The van der Waals surface area contributed by atoms with Gasteiger partial charge in [-0.15, -0.1) is 0 Å². The largest absolute Gasteiger partial charge is 0.481 e. The third-order valence-corrected chi connectivity index (χ3v) is 5.53. The molecule has 0 saturated heterocycles. The van der Waals surface area contributed by atoms with Gasteiger partial charge in [0.15, 0.2) is 0 Å². The predicted molar refractivity (Wildman–Crippen MR) is 115 cm³/mol. The van der Waals surface area contributed by atoms with Crippen LogP contribution in [0.25, 0.3) is 10.4 Å². The number of nitrogens with zero attached hydrogens (tertiary/aromatic N) is 5. The molecule has 9 nitrogen and oxygen atoms in total. The first-order chi connectivity index (χ1) is 15.6. The maximum Gasteiger partial charge on any atom is 0.346 e. The Morgan fingerprint density at radius 3 is 2.25 bits per heavy atom. The summed E-state index contributed by atoms with van der Waals surface area (Å²) in [6.45, 7) is 0. The number of fused-ring (bicyclic) bond motifs is 1. The van der Waals surface area contributed by atoms with E-state index in [2.05, 4.69) is 20.0 Å². The Hall–Kier alpha value is -4.10. The smallest absolute Gasteiger partial charge is 0.346 e. The van der Waals surface area contributed by atoms with Gasteiger partial charge in [0.05, 0.1) is 12.8 Å². The lowest BCUT2D eigenvalue weighted by atomic mass is 9.78. The number of rotatable bonds is 8. The van der Waals surface area contributed by atoms with Gasteiger partial charge in [-0.25, -0.2) is 4.79 Å². The zero-order valence-electron chi connectivity index (χ0n) is 17.4. The molecule has 1 N–H and O–H groups in total. The highest BCUT2D eigenvalue weighted by Crippen LogP contribution is 2.40. The second kappa shape index (κ2) is 8.95. The van der Waals surface area contributed by atoms with Crippen molar-refractivity contribution in [3.05, 3.63) is 93.5 Å². The van der Waals surface area contributed by atoms with Gasteiger partial charge in [0.1, 0.15) is 5.54 Å². The molecule has 162 valence electrons. The van der Waals surface area contributed by atoms with Crippen LogP contribution in [0, 0.1) is 0 Å². The molecule has 1 aromatic heterocycles. The van der Waals surface area contributed by atoms with Crippen LogP contribution >= 0.6 is 0 Å². The first-order valence-electron chi connectivity index (χ1n) is 10.1. The number of aryl methyl sites for hydroxylation is 1. The average Bonchev–Trinajstić information content (AvgIpc) is 3.30. The molecular formula is C23H21N5O4. The fourth-order valence-electron chi connectivity index (χ4n) is 4.11. The van der Waals surface area contributed by atoms with Gasteiger partial charge in [-0.05, 0) is 35.9 Å². The van der Waals surface area contributed by atoms with Crippen LogP contribution in [0.3, 0.4) is 0 Å². The summed E-state index contributed by atoms with van der Waals surface area (Å²) in [5.41, 5.74) is 10.4. The van der Waals surface area contributed by atoms with E-state index < -0.39 is 17.6 Å². The summed E-state index contributed by atoms with van der Waals surface area (Å²) in [6, 6.07) is 17.2. The van der Waals surface area contributed by atoms with Crippen LogP contribution in [0.2, 0.25) is 0 Å². The number of aromatic nitrogens is 2. The van der Waals surface area contributed by atoms with Crippen LogP contribution in [0.5, 0.6) is 11.9 Å². The standard InChI is InChI=1S/C23H21N5O4/c1-31-20-17-13-8-14-18(17)25-22(26-20)32-19(21(29)30)23(27-28-24,15-9-4-2-5-10-15)16-11-6-3-7-12-16/h2-7,9-12,19H,8,13-14H2,1H3,(H,29,30)/t19-/m1/s1. The number of hydrogen-bond donors (Lipinski definition) is 1. The zero-order chi connectivity index (χ0) is 22.6. The van der Waals surface area contributed by atoms with Crippen LogP contribution in [-0.4, -0.2) is 34.3 Å². The van der Waals surface area contributed by atoms with E-state index in [0.29, 0.717) is 17.0 Å². The number of methoxy groups -OCH3 is 1. The first kappa shape index (κ1) is 21.1. The Kier molecular flexibility index (Phi) is 5.91. The summed E-state index contributed by atoms with van der Waals surface area (Å²) in [5.74, 6) is -0.964. The Balaban J connectivity index is 1.90. The minimum atomic E-state index is -1.71. The Labute approximate surface area is 184 Å². The molecule has 0 radical (unpaired) electrons. The van der Waals surface area contributed by atoms with E-state index in [-0.39, 0.29) is 6.01 Å². The molecule has 0 fully saturated rings. The minimum absolute atomic E-state index is 0.140. The summed E-state index contributed by atoms with van der Waals surface area (Å²) >= 11 is 0. The zero-order valence-corrected chi connectivity index (χ0v) is 17.4. The van der Waals surface area contributed by atoms with Crippen molar-refractivity contribution < 1.29 is 19.4 Å². The van der Waals surface area contributed by atoms with Crippen molar-refractivity contribution in [2.24, 2.45) is 5.11 Å². The van der Waals surface area contributed by atoms with Crippen LogP contribution in [0.1, 0.15) is 28.8 Å². The number of carbonyl (C=O) groups is 1.